The number of amides is 1. The van der Waals surface area contributed by atoms with Crippen LogP contribution in [-0.2, 0) is 14.8 Å². The van der Waals surface area contributed by atoms with Crippen molar-refractivity contribution in [1.82, 2.24) is 4.31 Å². The molecule has 0 radical (unpaired) electrons. The number of fused-ring (bicyclic) bond motifs is 1. The Morgan fingerprint density at radius 1 is 1.06 bits per heavy atom. The molecule has 2 aliphatic rings. The highest BCUT2D eigenvalue weighted by Gasteiger charge is 2.33. The summed E-state index contributed by atoms with van der Waals surface area (Å²) in [6, 6.07) is 8.88. The van der Waals surface area contributed by atoms with Gasteiger partial charge in [-0.25, -0.2) is 12.8 Å². The lowest BCUT2D eigenvalue weighted by molar-refractivity contribution is -0.120. The number of hydrogen-bond acceptors (Lipinski definition) is 5. The van der Waals surface area contributed by atoms with Crippen molar-refractivity contribution in [2.45, 2.75) is 31.1 Å². The molecule has 0 aliphatic carbocycles. The largest absolute Gasteiger partial charge is 0.490 e. The number of anilines is 1. The number of piperidine rings is 1. The van der Waals surface area contributed by atoms with Gasteiger partial charge in [-0.3, -0.25) is 4.79 Å². The molecular formula is C22H25FN2O5S. The highest BCUT2D eigenvalue weighted by Crippen LogP contribution is 2.34. The van der Waals surface area contributed by atoms with Crippen LogP contribution in [0, 0.1) is 18.7 Å². The van der Waals surface area contributed by atoms with E-state index >= 15 is 0 Å². The summed E-state index contributed by atoms with van der Waals surface area (Å²) in [7, 11) is -3.71. The lowest BCUT2D eigenvalue weighted by atomic mass is 9.97. The Bertz CT molecular complexity index is 1080. The fraction of sp³-hybridized carbons (Fsp3) is 0.409. The van der Waals surface area contributed by atoms with Crippen LogP contribution in [0.2, 0.25) is 0 Å². The number of nitrogens with one attached hydrogen (secondary N) is 1. The van der Waals surface area contributed by atoms with E-state index in [1.165, 1.54) is 28.6 Å². The Labute approximate surface area is 181 Å². The van der Waals surface area contributed by atoms with Crippen LogP contribution in [0.25, 0.3) is 0 Å². The molecular weight excluding hydrogens is 423 g/mol. The summed E-state index contributed by atoms with van der Waals surface area (Å²) < 4.78 is 52.2. The van der Waals surface area contributed by atoms with Crippen molar-refractivity contribution in [3.05, 3.63) is 47.8 Å². The predicted molar refractivity (Wildman–Crippen MR) is 113 cm³/mol. The minimum atomic E-state index is -3.71. The number of nitrogens with zero attached hydrogens (tertiary/aromatic N) is 1. The Balaban J connectivity index is 1.41. The van der Waals surface area contributed by atoms with Crippen LogP contribution >= 0.6 is 0 Å². The molecule has 1 saturated heterocycles. The Kier molecular flexibility index (Phi) is 6.15. The van der Waals surface area contributed by atoms with Gasteiger partial charge in [-0.2, -0.15) is 4.31 Å². The van der Waals surface area contributed by atoms with E-state index in [-0.39, 0.29) is 29.8 Å². The van der Waals surface area contributed by atoms with Gasteiger partial charge >= 0.3 is 0 Å². The zero-order valence-corrected chi connectivity index (χ0v) is 18.1. The number of carbonyl (C=O) groups is 1. The molecule has 31 heavy (non-hydrogen) atoms. The standard InChI is InChI=1S/C22H25FN2O5S/c1-15-3-4-17(23)13-19(15)24-22(26)16-7-9-25(10-8-16)31(27,28)18-5-6-20-21(14-18)30-12-2-11-29-20/h3-6,13-14,16H,2,7-12H2,1H3,(H,24,26). The number of ether oxygens (including phenoxy) is 2. The second-order valence-electron chi connectivity index (χ2n) is 7.79. The highest BCUT2D eigenvalue weighted by atomic mass is 32.2. The summed E-state index contributed by atoms with van der Waals surface area (Å²) in [6.45, 7) is 3.26. The minimum absolute atomic E-state index is 0.148. The summed E-state index contributed by atoms with van der Waals surface area (Å²) in [5.41, 5.74) is 1.21. The second-order valence-corrected chi connectivity index (χ2v) is 9.72. The van der Waals surface area contributed by atoms with Gasteiger partial charge in [-0.05, 0) is 49.6 Å². The van der Waals surface area contributed by atoms with Gasteiger partial charge < -0.3 is 14.8 Å². The van der Waals surface area contributed by atoms with E-state index in [0.29, 0.717) is 43.2 Å². The van der Waals surface area contributed by atoms with Gasteiger partial charge in [-0.15, -0.1) is 0 Å². The molecule has 1 fully saturated rings. The topological polar surface area (TPSA) is 84.9 Å². The maximum atomic E-state index is 13.5. The number of sulfonamides is 1. The molecule has 2 heterocycles. The van der Waals surface area contributed by atoms with E-state index < -0.39 is 15.8 Å². The van der Waals surface area contributed by atoms with Crippen molar-refractivity contribution < 1.29 is 27.1 Å². The zero-order valence-electron chi connectivity index (χ0n) is 17.3. The first kappa shape index (κ1) is 21.6. The molecule has 0 saturated carbocycles. The molecule has 0 unspecified atom stereocenters. The predicted octanol–water partition coefficient (Wildman–Crippen LogP) is 3.33. The molecule has 2 aromatic rings. The lowest BCUT2D eigenvalue weighted by Crippen LogP contribution is -2.41. The van der Waals surface area contributed by atoms with Crippen LogP contribution < -0.4 is 14.8 Å². The highest BCUT2D eigenvalue weighted by molar-refractivity contribution is 7.89. The van der Waals surface area contributed by atoms with E-state index in [4.69, 9.17) is 9.47 Å². The number of aryl methyl sites for hydroxylation is 1. The number of carbonyl (C=O) groups excluding carboxylic acids is 1. The number of halogens is 1. The number of rotatable bonds is 4. The number of hydrogen-bond donors (Lipinski definition) is 1. The lowest BCUT2D eigenvalue weighted by Gasteiger charge is -2.30. The third-order valence-electron chi connectivity index (χ3n) is 5.64. The molecule has 1 N–H and O–H groups in total. The van der Waals surface area contributed by atoms with Gasteiger partial charge in [0, 0.05) is 37.2 Å². The molecule has 0 bridgehead atoms. The first-order chi connectivity index (χ1) is 14.8. The van der Waals surface area contributed by atoms with Crippen LogP contribution in [0.3, 0.4) is 0 Å². The van der Waals surface area contributed by atoms with Crippen molar-refractivity contribution in [1.29, 1.82) is 0 Å². The molecule has 9 heteroatoms. The van der Waals surface area contributed by atoms with Crippen LogP contribution in [0.4, 0.5) is 10.1 Å². The summed E-state index contributed by atoms with van der Waals surface area (Å²) in [4.78, 5) is 12.8. The summed E-state index contributed by atoms with van der Waals surface area (Å²) in [5.74, 6) is -0.00561. The second kappa shape index (κ2) is 8.84. The van der Waals surface area contributed by atoms with Gasteiger partial charge in [-0.1, -0.05) is 6.07 Å². The normalized spacial score (nSPS) is 17.7. The van der Waals surface area contributed by atoms with Crippen LogP contribution in [-0.4, -0.2) is 44.9 Å². The average Bonchev–Trinajstić information content (AvgIpc) is 3.01. The average molecular weight is 449 g/mol. The molecule has 1 amide bonds. The maximum absolute atomic E-state index is 13.5. The molecule has 0 atom stereocenters. The fourth-order valence-corrected chi connectivity index (χ4v) is 5.26. The quantitative estimate of drug-likeness (QED) is 0.776. The Morgan fingerprint density at radius 3 is 2.52 bits per heavy atom. The van der Waals surface area contributed by atoms with E-state index in [0.717, 1.165) is 12.0 Å². The molecule has 166 valence electrons. The molecule has 2 aromatic carbocycles. The van der Waals surface area contributed by atoms with Gasteiger partial charge in [0.25, 0.3) is 0 Å². The fourth-order valence-electron chi connectivity index (χ4n) is 3.78. The Morgan fingerprint density at radius 2 is 1.77 bits per heavy atom. The van der Waals surface area contributed by atoms with E-state index in [2.05, 4.69) is 5.32 Å². The molecule has 7 nitrogen and oxygen atoms in total. The summed E-state index contributed by atoms with van der Waals surface area (Å²) in [5, 5.41) is 2.77. The van der Waals surface area contributed by atoms with E-state index in [1.54, 1.807) is 19.1 Å². The van der Waals surface area contributed by atoms with Crippen molar-refractivity contribution in [2.24, 2.45) is 5.92 Å². The monoisotopic (exact) mass is 448 g/mol. The number of benzene rings is 2. The van der Waals surface area contributed by atoms with Gasteiger partial charge in [0.1, 0.15) is 5.82 Å². The van der Waals surface area contributed by atoms with Crippen molar-refractivity contribution in [3.8, 4) is 11.5 Å². The maximum Gasteiger partial charge on any atom is 0.243 e. The first-order valence-corrected chi connectivity index (χ1v) is 11.8. The zero-order chi connectivity index (χ0) is 22.0. The third kappa shape index (κ3) is 4.67. The van der Waals surface area contributed by atoms with E-state index in [1.807, 2.05) is 0 Å². The molecule has 2 aliphatic heterocycles. The van der Waals surface area contributed by atoms with Gasteiger partial charge in [0.2, 0.25) is 15.9 Å². The van der Waals surface area contributed by atoms with Crippen molar-refractivity contribution >= 4 is 21.6 Å². The van der Waals surface area contributed by atoms with Crippen molar-refractivity contribution in [2.75, 3.05) is 31.6 Å². The molecule has 0 spiro atoms. The van der Waals surface area contributed by atoms with Crippen LogP contribution in [0.1, 0.15) is 24.8 Å². The van der Waals surface area contributed by atoms with E-state index in [9.17, 15) is 17.6 Å². The van der Waals surface area contributed by atoms with Crippen LogP contribution in [0.5, 0.6) is 11.5 Å². The van der Waals surface area contributed by atoms with Gasteiger partial charge in [0.05, 0.1) is 18.1 Å². The van der Waals surface area contributed by atoms with Crippen molar-refractivity contribution in [3.63, 3.8) is 0 Å². The SMILES string of the molecule is Cc1ccc(F)cc1NC(=O)C1CCN(S(=O)(=O)c2ccc3c(c2)OCCCO3)CC1. The smallest absolute Gasteiger partial charge is 0.243 e. The van der Waals surface area contributed by atoms with Crippen LogP contribution in [0.15, 0.2) is 41.3 Å². The summed E-state index contributed by atoms with van der Waals surface area (Å²) >= 11 is 0. The van der Waals surface area contributed by atoms with Gasteiger partial charge in [0.15, 0.2) is 11.5 Å². The first-order valence-electron chi connectivity index (χ1n) is 10.3. The minimum Gasteiger partial charge on any atom is -0.490 e. The molecule has 0 aromatic heterocycles. The molecule has 4 rings (SSSR count). The Hall–Kier alpha value is -2.65. The third-order valence-corrected chi connectivity index (χ3v) is 7.53. The summed E-state index contributed by atoms with van der Waals surface area (Å²) in [6.07, 6.45) is 1.52.